The van der Waals surface area contributed by atoms with Gasteiger partial charge in [-0.1, -0.05) is 11.6 Å². The smallest absolute Gasteiger partial charge is 0.301 e. The number of fused-ring (bicyclic) bond motifs is 1. The van der Waals surface area contributed by atoms with E-state index in [4.69, 9.17) is 16.3 Å². The highest BCUT2D eigenvalue weighted by Crippen LogP contribution is 2.32. The van der Waals surface area contributed by atoms with Crippen LogP contribution in [0.25, 0.3) is 0 Å². The van der Waals surface area contributed by atoms with Crippen LogP contribution in [-0.2, 0) is 9.53 Å². The Bertz CT molecular complexity index is 525. The van der Waals surface area contributed by atoms with Crippen LogP contribution in [0.1, 0.15) is 23.2 Å². The summed E-state index contributed by atoms with van der Waals surface area (Å²) in [5.41, 5.74) is 0.952. The number of benzene rings is 1. The Kier molecular flexibility index (Phi) is 2.84. The number of hydrogen-bond donors (Lipinski definition) is 0. The monoisotopic (exact) mass is 265 g/mol. The van der Waals surface area contributed by atoms with E-state index in [1.807, 2.05) is 0 Å². The van der Waals surface area contributed by atoms with E-state index < -0.39 is 11.7 Å². The molecular weight excluding hydrogens is 254 g/mol. The lowest BCUT2D eigenvalue weighted by Crippen LogP contribution is -2.32. The van der Waals surface area contributed by atoms with Crippen LogP contribution in [0.15, 0.2) is 18.2 Å². The number of hydrogen-bond acceptors (Lipinski definition) is 3. The summed E-state index contributed by atoms with van der Waals surface area (Å²) in [5.74, 6) is -0.406. The number of carbonyl (C=O) groups is 2. The summed E-state index contributed by atoms with van der Waals surface area (Å²) in [6.45, 7) is 0.766. The minimum atomic E-state index is -0.539. The van der Waals surface area contributed by atoms with Crippen LogP contribution in [0.3, 0.4) is 0 Å². The highest BCUT2D eigenvalue weighted by molar-refractivity contribution is 6.52. The van der Waals surface area contributed by atoms with Gasteiger partial charge < -0.3 is 4.74 Å². The standard InChI is InChI=1S/C13H12ClNO3/c14-9-3-4-10-11(5-9)15(13(17)12(10)16)7-18-6-8-1-2-8/h3-5,8H,1-2,6-7H2. The summed E-state index contributed by atoms with van der Waals surface area (Å²) in [4.78, 5) is 24.9. The first-order valence-corrected chi connectivity index (χ1v) is 6.28. The van der Waals surface area contributed by atoms with E-state index in [2.05, 4.69) is 0 Å². The van der Waals surface area contributed by atoms with Crippen LogP contribution < -0.4 is 4.90 Å². The molecular formula is C13H12ClNO3. The zero-order valence-corrected chi connectivity index (χ0v) is 10.4. The Morgan fingerprint density at radius 3 is 2.83 bits per heavy atom. The Labute approximate surface area is 109 Å². The lowest BCUT2D eigenvalue weighted by atomic mass is 10.1. The average molecular weight is 266 g/mol. The Balaban J connectivity index is 1.79. The minimum absolute atomic E-state index is 0.119. The highest BCUT2D eigenvalue weighted by Gasteiger charge is 2.36. The predicted molar refractivity (Wildman–Crippen MR) is 66.8 cm³/mol. The Morgan fingerprint density at radius 2 is 2.11 bits per heavy atom. The normalized spacial score (nSPS) is 18.4. The Hall–Kier alpha value is -1.39. The van der Waals surface area contributed by atoms with Gasteiger partial charge in [0.1, 0.15) is 6.73 Å². The number of anilines is 1. The van der Waals surface area contributed by atoms with Gasteiger partial charge in [0.05, 0.1) is 17.9 Å². The first-order valence-electron chi connectivity index (χ1n) is 5.90. The van der Waals surface area contributed by atoms with E-state index in [0.29, 0.717) is 28.8 Å². The molecule has 1 aliphatic carbocycles. The molecule has 0 radical (unpaired) electrons. The van der Waals surface area contributed by atoms with Gasteiger partial charge in [-0.3, -0.25) is 14.5 Å². The predicted octanol–water partition coefficient (Wildman–Crippen LogP) is 2.25. The second-order valence-corrected chi connectivity index (χ2v) is 5.10. The number of carbonyl (C=O) groups excluding carboxylic acids is 2. The van der Waals surface area contributed by atoms with Crippen LogP contribution in [0.5, 0.6) is 0 Å². The molecule has 3 rings (SSSR count). The number of rotatable bonds is 4. The maximum Gasteiger partial charge on any atom is 0.301 e. The van der Waals surface area contributed by atoms with Crippen molar-refractivity contribution in [2.24, 2.45) is 5.92 Å². The lowest BCUT2D eigenvalue weighted by Gasteiger charge is -2.16. The second-order valence-electron chi connectivity index (χ2n) is 4.67. The third kappa shape index (κ3) is 2.02. The quantitative estimate of drug-likeness (QED) is 0.785. The van der Waals surface area contributed by atoms with Gasteiger partial charge in [-0.15, -0.1) is 0 Å². The maximum atomic E-state index is 11.8. The first kappa shape index (κ1) is 11.7. The summed E-state index contributed by atoms with van der Waals surface area (Å²) in [6.07, 6.45) is 2.38. The van der Waals surface area contributed by atoms with Crippen molar-refractivity contribution in [3.05, 3.63) is 28.8 Å². The molecule has 1 saturated carbocycles. The van der Waals surface area contributed by atoms with Crippen LogP contribution in [-0.4, -0.2) is 25.0 Å². The van der Waals surface area contributed by atoms with Crippen LogP contribution in [0.2, 0.25) is 5.02 Å². The number of ketones is 1. The van der Waals surface area contributed by atoms with Gasteiger partial charge in [-0.25, -0.2) is 0 Å². The van der Waals surface area contributed by atoms with E-state index in [-0.39, 0.29) is 6.73 Å². The van der Waals surface area contributed by atoms with E-state index in [1.165, 1.54) is 17.7 Å². The molecule has 1 aromatic carbocycles. The van der Waals surface area contributed by atoms with Crippen molar-refractivity contribution in [3.8, 4) is 0 Å². The van der Waals surface area contributed by atoms with Gasteiger partial charge in [0.15, 0.2) is 0 Å². The molecule has 0 N–H and O–H groups in total. The maximum absolute atomic E-state index is 11.8. The number of ether oxygens (including phenoxy) is 1. The molecule has 1 fully saturated rings. The fourth-order valence-electron chi connectivity index (χ4n) is 1.99. The number of nitrogens with zero attached hydrogens (tertiary/aromatic N) is 1. The highest BCUT2D eigenvalue weighted by atomic mass is 35.5. The van der Waals surface area contributed by atoms with E-state index >= 15 is 0 Å². The topological polar surface area (TPSA) is 46.6 Å². The molecule has 0 saturated heterocycles. The molecule has 1 aliphatic heterocycles. The average Bonchev–Trinajstić information content (AvgIpc) is 3.13. The molecule has 0 unspecified atom stereocenters. The number of amides is 1. The summed E-state index contributed by atoms with van der Waals surface area (Å²) in [6, 6.07) is 4.82. The molecule has 94 valence electrons. The minimum Gasteiger partial charge on any atom is -0.360 e. The molecule has 0 bridgehead atoms. The van der Waals surface area contributed by atoms with Gasteiger partial charge in [0, 0.05) is 5.02 Å². The molecule has 0 spiro atoms. The fourth-order valence-corrected chi connectivity index (χ4v) is 2.16. The van der Waals surface area contributed by atoms with Gasteiger partial charge >= 0.3 is 5.91 Å². The van der Waals surface area contributed by atoms with E-state index in [0.717, 1.165) is 0 Å². The van der Waals surface area contributed by atoms with Crippen LogP contribution in [0.4, 0.5) is 5.69 Å². The van der Waals surface area contributed by atoms with Gasteiger partial charge in [0.25, 0.3) is 5.78 Å². The molecule has 1 amide bonds. The molecule has 0 aromatic heterocycles. The first-order chi connectivity index (χ1) is 8.66. The SMILES string of the molecule is O=C1C(=O)N(COCC2CC2)c2cc(Cl)ccc21. The molecule has 18 heavy (non-hydrogen) atoms. The zero-order valence-electron chi connectivity index (χ0n) is 9.69. The van der Waals surface area contributed by atoms with Crippen molar-refractivity contribution in [2.45, 2.75) is 12.8 Å². The molecule has 5 heteroatoms. The van der Waals surface area contributed by atoms with Crippen LogP contribution in [0, 0.1) is 5.92 Å². The molecule has 1 heterocycles. The van der Waals surface area contributed by atoms with E-state index in [1.54, 1.807) is 18.2 Å². The molecule has 1 aromatic rings. The van der Waals surface area contributed by atoms with Crippen molar-refractivity contribution in [1.29, 1.82) is 0 Å². The third-order valence-electron chi connectivity index (χ3n) is 3.21. The Morgan fingerprint density at radius 1 is 1.33 bits per heavy atom. The summed E-state index contributed by atoms with van der Waals surface area (Å²) >= 11 is 5.89. The van der Waals surface area contributed by atoms with E-state index in [9.17, 15) is 9.59 Å². The van der Waals surface area contributed by atoms with Gasteiger partial charge in [-0.05, 0) is 37.0 Å². The molecule has 0 atom stereocenters. The lowest BCUT2D eigenvalue weighted by molar-refractivity contribution is -0.115. The third-order valence-corrected chi connectivity index (χ3v) is 3.44. The fraction of sp³-hybridized carbons (Fsp3) is 0.385. The van der Waals surface area contributed by atoms with Crippen molar-refractivity contribution < 1.29 is 14.3 Å². The van der Waals surface area contributed by atoms with Gasteiger partial charge in [-0.2, -0.15) is 0 Å². The van der Waals surface area contributed by atoms with Crippen molar-refractivity contribution >= 4 is 29.0 Å². The molecule has 2 aliphatic rings. The van der Waals surface area contributed by atoms with Crippen molar-refractivity contribution in [2.75, 3.05) is 18.2 Å². The number of halogens is 1. The van der Waals surface area contributed by atoms with Crippen molar-refractivity contribution in [1.82, 2.24) is 0 Å². The van der Waals surface area contributed by atoms with Gasteiger partial charge in [0.2, 0.25) is 0 Å². The summed E-state index contributed by atoms with van der Waals surface area (Å²) in [7, 11) is 0. The summed E-state index contributed by atoms with van der Waals surface area (Å²) in [5, 5.41) is 0.503. The van der Waals surface area contributed by atoms with Crippen LogP contribution >= 0.6 is 11.6 Å². The summed E-state index contributed by atoms with van der Waals surface area (Å²) < 4.78 is 5.47. The molecule has 4 nitrogen and oxygen atoms in total. The second kappa shape index (κ2) is 4.37. The van der Waals surface area contributed by atoms with Crippen molar-refractivity contribution in [3.63, 3.8) is 0 Å². The largest absolute Gasteiger partial charge is 0.360 e. The number of Topliss-reactive ketones (excluding diaryl/α,β-unsaturated/α-hetero) is 1. The zero-order chi connectivity index (χ0) is 12.7.